The summed E-state index contributed by atoms with van der Waals surface area (Å²) < 4.78 is 28.2. The Labute approximate surface area is 158 Å². The molecular weight excluding hydrogens is 372 g/mol. The van der Waals surface area contributed by atoms with Crippen molar-refractivity contribution < 1.29 is 27.5 Å². The Morgan fingerprint density at radius 1 is 1.30 bits per heavy atom. The molecule has 3 rings (SSSR count). The molecule has 2 amide bonds. The van der Waals surface area contributed by atoms with Gasteiger partial charge in [-0.1, -0.05) is 12.1 Å². The van der Waals surface area contributed by atoms with Gasteiger partial charge in [0.1, 0.15) is 0 Å². The Hall–Kier alpha value is -2.42. The summed E-state index contributed by atoms with van der Waals surface area (Å²) >= 11 is 0. The monoisotopic (exact) mass is 394 g/mol. The number of hydrogen-bond acceptors (Lipinski definition) is 6. The van der Waals surface area contributed by atoms with Gasteiger partial charge in [-0.2, -0.15) is 0 Å². The summed E-state index contributed by atoms with van der Waals surface area (Å²) in [6.45, 7) is 0.0646. The first-order chi connectivity index (χ1) is 12.8. The lowest BCUT2D eigenvalue weighted by Crippen LogP contribution is -2.40. The average Bonchev–Trinajstić information content (AvgIpc) is 3.23. The third kappa shape index (κ3) is 4.29. The second-order valence-electron chi connectivity index (χ2n) is 6.80. The third-order valence-electron chi connectivity index (χ3n) is 4.96. The maximum atomic E-state index is 12.5. The highest BCUT2D eigenvalue weighted by Crippen LogP contribution is 2.26. The number of ether oxygens (including phenoxy) is 1. The summed E-state index contributed by atoms with van der Waals surface area (Å²) in [5.41, 5.74) is 0.708. The summed E-state index contributed by atoms with van der Waals surface area (Å²) in [6.07, 6.45) is 1.56. The largest absolute Gasteiger partial charge is 0.452 e. The van der Waals surface area contributed by atoms with E-state index in [9.17, 15) is 22.8 Å². The second-order valence-corrected chi connectivity index (χ2v) is 9.03. The molecule has 2 heterocycles. The van der Waals surface area contributed by atoms with Crippen LogP contribution in [-0.2, 0) is 24.2 Å². The van der Waals surface area contributed by atoms with E-state index in [1.165, 1.54) is 11.9 Å². The number of benzene rings is 1. The number of amides is 2. The number of para-hydroxylation sites is 1. The number of likely N-dealkylation sites (N-methyl/N-ethyl adjacent to an activating group) is 1. The molecule has 1 aromatic carbocycles. The van der Waals surface area contributed by atoms with E-state index in [1.54, 1.807) is 29.2 Å². The zero-order chi connectivity index (χ0) is 19.6. The van der Waals surface area contributed by atoms with Crippen molar-refractivity contribution in [3.8, 4) is 0 Å². The van der Waals surface area contributed by atoms with Crippen LogP contribution in [0.25, 0.3) is 0 Å². The maximum absolute atomic E-state index is 12.5. The van der Waals surface area contributed by atoms with Crippen molar-refractivity contribution in [2.45, 2.75) is 25.3 Å². The highest BCUT2D eigenvalue weighted by Gasteiger charge is 2.33. The Bertz CT molecular complexity index is 866. The van der Waals surface area contributed by atoms with Crippen molar-refractivity contribution in [2.24, 2.45) is 0 Å². The van der Waals surface area contributed by atoms with Crippen LogP contribution >= 0.6 is 0 Å². The minimum atomic E-state index is -3.11. The van der Waals surface area contributed by atoms with Gasteiger partial charge in [-0.25, -0.2) is 13.2 Å². The highest BCUT2D eigenvalue weighted by molar-refractivity contribution is 7.91. The summed E-state index contributed by atoms with van der Waals surface area (Å²) in [5.74, 6) is -1.20. The molecule has 1 aromatic rings. The Morgan fingerprint density at radius 3 is 2.67 bits per heavy atom. The zero-order valence-corrected chi connectivity index (χ0v) is 15.9. The molecule has 8 nitrogen and oxygen atoms in total. The molecular formula is C18H22N2O6S. The van der Waals surface area contributed by atoms with Crippen LogP contribution in [0.4, 0.5) is 5.69 Å². The molecule has 0 unspecified atom stereocenters. The van der Waals surface area contributed by atoms with Crippen LogP contribution in [0.15, 0.2) is 24.3 Å². The summed E-state index contributed by atoms with van der Waals surface area (Å²) in [7, 11) is -1.60. The predicted molar refractivity (Wildman–Crippen MR) is 98.1 cm³/mol. The van der Waals surface area contributed by atoms with Crippen molar-refractivity contribution >= 4 is 33.3 Å². The van der Waals surface area contributed by atoms with E-state index in [-0.39, 0.29) is 23.0 Å². The quantitative estimate of drug-likeness (QED) is 0.679. The van der Waals surface area contributed by atoms with Crippen LogP contribution in [-0.4, -0.2) is 68.8 Å². The molecule has 9 heteroatoms. The fourth-order valence-corrected chi connectivity index (χ4v) is 5.15. The molecule has 1 atom stereocenters. The summed E-state index contributed by atoms with van der Waals surface area (Å²) in [6, 6.07) is 6.24. The van der Waals surface area contributed by atoms with Crippen molar-refractivity contribution in [1.29, 1.82) is 0 Å². The van der Waals surface area contributed by atoms with Gasteiger partial charge in [-0.05, 0) is 25.0 Å². The molecule has 2 fully saturated rings. The van der Waals surface area contributed by atoms with Crippen molar-refractivity contribution in [3.05, 3.63) is 29.8 Å². The average molecular weight is 394 g/mol. The van der Waals surface area contributed by atoms with Gasteiger partial charge in [0.25, 0.3) is 5.91 Å². The lowest BCUT2D eigenvalue weighted by molar-refractivity contribution is -0.134. The van der Waals surface area contributed by atoms with Gasteiger partial charge < -0.3 is 14.5 Å². The number of carbonyl (C=O) groups excluding carboxylic acids is 3. The standard InChI is InChI=1S/C18H22N2O6S/c1-19(13-8-10-27(24,25)12-13)17(22)11-26-18(23)14-5-2-3-6-15(14)20-9-4-7-16(20)21/h2-3,5-6,13H,4,7-12H2,1H3/t13-/m1/s1. The number of nitrogens with zero attached hydrogens (tertiary/aromatic N) is 2. The molecule has 2 saturated heterocycles. The fraction of sp³-hybridized carbons (Fsp3) is 0.500. The van der Waals surface area contributed by atoms with E-state index in [1.807, 2.05) is 0 Å². The van der Waals surface area contributed by atoms with Gasteiger partial charge in [0.2, 0.25) is 5.91 Å². The highest BCUT2D eigenvalue weighted by atomic mass is 32.2. The van der Waals surface area contributed by atoms with Gasteiger partial charge in [0.15, 0.2) is 16.4 Å². The van der Waals surface area contributed by atoms with Gasteiger partial charge in [-0.15, -0.1) is 0 Å². The zero-order valence-electron chi connectivity index (χ0n) is 15.1. The van der Waals surface area contributed by atoms with E-state index in [0.717, 1.165) is 6.42 Å². The van der Waals surface area contributed by atoms with Crippen LogP contribution in [0.3, 0.4) is 0 Å². The van der Waals surface area contributed by atoms with E-state index >= 15 is 0 Å². The lowest BCUT2D eigenvalue weighted by atomic mass is 10.1. The number of hydrogen-bond donors (Lipinski definition) is 0. The van der Waals surface area contributed by atoms with Crippen LogP contribution in [0, 0.1) is 0 Å². The van der Waals surface area contributed by atoms with E-state index in [0.29, 0.717) is 25.1 Å². The van der Waals surface area contributed by atoms with Crippen molar-refractivity contribution in [3.63, 3.8) is 0 Å². The molecule has 0 radical (unpaired) electrons. The molecule has 0 N–H and O–H groups in total. The molecule has 2 aliphatic rings. The minimum absolute atomic E-state index is 0.0477. The number of sulfone groups is 1. The third-order valence-corrected chi connectivity index (χ3v) is 6.71. The molecule has 2 aliphatic heterocycles. The fourth-order valence-electron chi connectivity index (χ4n) is 3.38. The lowest BCUT2D eigenvalue weighted by Gasteiger charge is -2.23. The number of carbonyl (C=O) groups is 3. The molecule has 0 bridgehead atoms. The first-order valence-electron chi connectivity index (χ1n) is 8.81. The van der Waals surface area contributed by atoms with E-state index in [4.69, 9.17) is 4.74 Å². The molecule has 0 spiro atoms. The van der Waals surface area contributed by atoms with Crippen LogP contribution in [0.5, 0.6) is 0 Å². The van der Waals surface area contributed by atoms with Crippen LogP contribution < -0.4 is 4.90 Å². The number of rotatable bonds is 5. The molecule has 0 aliphatic carbocycles. The molecule has 0 saturated carbocycles. The number of esters is 1. The minimum Gasteiger partial charge on any atom is -0.452 e. The normalized spacial score (nSPS) is 21.3. The predicted octanol–water partition coefficient (Wildman–Crippen LogP) is 0.616. The van der Waals surface area contributed by atoms with Gasteiger partial charge in [-0.3, -0.25) is 9.59 Å². The first-order valence-corrected chi connectivity index (χ1v) is 10.6. The SMILES string of the molecule is CN(C(=O)COC(=O)c1ccccc1N1CCCC1=O)[C@@H]1CCS(=O)(=O)C1. The maximum Gasteiger partial charge on any atom is 0.340 e. The topological polar surface area (TPSA) is 101 Å². The molecule has 146 valence electrons. The summed E-state index contributed by atoms with van der Waals surface area (Å²) in [4.78, 5) is 39.6. The smallest absolute Gasteiger partial charge is 0.340 e. The second kappa shape index (κ2) is 7.67. The summed E-state index contributed by atoms with van der Waals surface area (Å²) in [5, 5.41) is 0. The molecule has 27 heavy (non-hydrogen) atoms. The van der Waals surface area contributed by atoms with Crippen LogP contribution in [0.1, 0.15) is 29.6 Å². The Kier molecular flexibility index (Phi) is 5.50. The number of anilines is 1. The van der Waals surface area contributed by atoms with Crippen LogP contribution in [0.2, 0.25) is 0 Å². The van der Waals surface area contributed by atoms with Gasteiger partial charge >= 0.3 is 5.97 Å². The van der Waals surface area contributed by atoms with Gasteiger partial charge in [0.05, 0.1) is 22.8 Å². The van der Waals surface area contributed by atoms with E-state index < -0.39 is 34.4 Å². The van der Waals surface area contributed by atoms with E-state index in [2.05, 4.69) is 0 Å². The van der Waals surface area contributed by atoms with Crippen molar-refractivity contribution in [2.75, 3.05) is 36.6 Å². The Balaban J connectivity index is 1.63. The van der Waals surface area contributed by atoms with Gasteiger partial charge in [0, 0.05) is 26.1 Å². The molecule has 0 aromatic heterocycles. The Morgan fingerprint density at radius 2 is 2.04 bits per heavy atom. The van der Waals surface area contributed by atoms with Crippen molar-refractivity contribution in [1.82, 2.24) is 4.90 Å². The first kappa shape index (κ1) is 19.3.